The maximum absolute atomic E-state index is 14.1. The Morgan fingerprint density at radius 3 is 2.71 bits per heavy atom. The van der Waals surface area contributed by atoms with E-state index in [-0.39, 0.29) is 40.9 Å². The van der Waals surface area contributed by atoms with Crippen LogP contribution in [0.1, 0.15) is 29.7 Å². The SMILES string of the molecule is CCOC(=O)c1cn([C@@H]2C[C@@H]2F)c2c(OC)c(F)cc(N)c2c1=O. The van der Waals surface area contributed by atoms with E-state index >= 15 is 0 Å². The summed E-state index contributed by atoms with van der Waals surface area (Å²) in [4.78, 5) is 24.7. The highest BCUT2D eigenvalue weighted by Crippen LogP contribution is 2.43. The van der Waals surface area contributed by atoms with Crippen molar-refractivity contribution in [3.05, 3.63) is 33.9 Å². The molecule has 1 heterocycles. The van der Waals surface area contributed by atoms with Gasteiger partial charge < -0.3 is 19.8 Å². The molecule has 1 aromatic heterocycles. The molecular weight excluding hydrogens is 322 g/mol. The van der Waals surface area contributed by atoms with Crippen LogP contribution in [-0.4, -0.2) is 30.4 Å². The van der Waals surface area contributed by atoms with E-state index in [1.165, 1.54) is 17.9 Å². The predicted molar refractivity (Wildman–Crippen MR) is 83.6 cm³/mol. The first-order valence-electron chi connectivity index (χ1n) is 7.42. The van der Waals surface area contributed by atoms with Crippen molar-refractivity contribution in [3.8, 4) is 5.75 Å². The number of halogens is 2. The molecule has 0 amide bonds. The fourth-order valence-electron chi connectivity index (χ4n) is 2.77. The van der Waals surface area contributed by atoms with Crippen LogP contribution < -0.4 is 15.9 Å². The zero-order valence-electron chi connectivity index (χ0n) is 13.1. The van der Waals surface area contributed by atoms with Gasteiger partial charge in [0.2, 0.25) is 5.43 Å². The molecule has 128 valence electrons. The number of hydrogen-bond donors (Lipinski definition) is 1. The fraction of sp³-hybridized carbons (Fsp3) is 0.375. The van der Waals surface area contributed by atoms with E-state index in [0.29, 0.717) is 0 Å². The minimum Gasteiger partial charge on any atom is -0.492 e. The third-order valence-corrected chi connectivity index (χ3v) is 3.98. The number of carbonyl (C=O) groups excluding carboxylic acids is 1. The van der Waals surface area contributed by atoms with Crippen molar-refractivity contribution < 1.29 is 23.0 Å². The van der Waals surface area contributed by atoms with E-state index in [2.05, 4.69) is 0 Å². The molecule has 2 N–H and O–H groups in total. The molecule has 1 aromatic carbocycles. The summed E-state index contributed by atoms with van der Waals surface area (Å²) in [6.45, 7) is 1.68. The van der Waals surface area contributed by atoms with Crippen molar-refractivity contribution in [2.24, 2.45) is 0 Å². The van der Waals surface area contributed by atoms with Crippen LogP contribution in [0.5, 0.6) is 5.75 Å². The number of nitrogens with zero attached hydrogens (tertiary/aromatic N) is 1. The van der Waals surface area contributed by atoms with Crippen LogP contribution in [0.3, 0.4) is 0 Å². The Morgan fingerprint density at radius 1 is 1.50 bits per heavy atom. The first kappa shape index (κ1) is 16.2. The number of nitrogens with two attached hydrogens (primary N) is 1. The van der Waals surface area contributed by atoms with Gasteiger partial charge in [0.05, 0.1) is 25.1 Å². The lowest BCUT2D eigenvalue weighted by molar-refractivity contribution is 0.0524. The topological polar surface area (TPSA) is 83.6 Å². The highest BCUT2D eigenvalue weighted by molar-refractivity contribution is 6.00. The van der Waals surface area contributed by atoms with E-state index in [4.69, 9.17) is 15.2 Å². The molecule has 0 bridgehead atoms. The standard InChI is InChI=1S/C16H16F2N2O4/c1-3-24-16(22)7-6-20(11-5-8(11)17)13-12(14(7)21)10(19)4-9(18)15(13)23-2/h4,6,8,11H,3,5,19H2,1-2H3/t8-,11+/m0/s1. The van der Waals surface area contributed by atoms with E-state index in [1.54, 1.807) is 6.92 Å². The van der Waals surface area contributed by atoms with Crippen LogP contribution in [-0.2, 0) is 4.74 Å². The summed E-state index contributed by atoms with van der Waals surface area (Å²) in [5.41, 5.74) is 4.71. The predicted octanol–water partition coefficient (Wildman–Crippen LogP) is 2.19. The number of ether oxygens (including phenoxy) is 2. The van der Waals surface area contributed by atoms with Gasteiger partial charge in [0.1, 0.15) is 17.3 Å². The number of methoxy groups -OCH3 is 1. The third-order valence-electron chi connectivity index (χ3n) is 3.98. The number of pyridine rings is 1. The lowest BCUT2D eigenvalue weighted by Gasteiger charge is -2.16. The average molecular weight is 338 g/mol. The largest absolute Gasteiger partial charge is 0.492 e. The first-order valence-corrected chi connectivity index (χ1v) is 7.42. The summed E-state index contributed by atoms with van der Waals surface area (Å²) < 4.78 is 39.0. The van der Waals surface area contributed by atoms with Gasteiger partial charge in [0, 0.05) is 24.4 Å². The Kier molecular flexibility index (Phi) is 3.90. The lowest BCUT2D eigenvalue weighted by Crippen LogP contribution is -2.22. The number of esters is 1. The number of fused-ring (bicyclic) bond motifs is 1. The molecule has 1 aliphatic rings. The molecule has 0 radical (unpaired) electrons. The van der Waals surface area contributed by atoms with Gasteiger partial charge in [-0.15, -0.1) is 0 Å². The zero-order valence-corrected chi connectivity index (χ0v) is 13.1. The molecule has 1 aliphatic carbocycles. The Bertz CT molecular complexity index is 894. The molecule has 2 atom stereocenters. The molecule has 1 fully saturated rings. The lowest BCUT2D eigenvalue weighted by atomic mass is 10.1. The van der Waals surface area contributed by atoms with Gasteiger partial charge in [0.25, 0.3) is 0 Å². The highest BCUT2D eigenvalue weighted by atomic mass is 19.1. The number of carbonyl (C=O) groups is 1. The normalized spacial score (nSPS) is 19.3. The number of anilines is 1. The Morgan fingerprint density at radius 2 is 2.17 bits per heavy atom. The van der Waals surface area contributed by atoms with Gasteiger partial charge >= 0.3 is 5.97 Å². The molecule has 3 rings (SSSR count). The highest BCUT2D eigenvalue weighted by Gasteiger charge is 2.41. The van der Waals surface area contributed by atoms with Gasteiger partial charge in [-0.3, -0.25) is 4.79 Å². The summed E-state index contributed by atoms with van der Waals surface area (Å²) in [5.74, 6) is -1.82. The smallest absolute Gasteiger partial charge is 0.343 e. The van der Waals surface area contributed by atoms with Gasteiger partial charge in [-0.05, 0) is 6.92 Å². The van der Waals surface area contributed by atoms with E-state index in [0.717, 1.165) is 6.07 Å². The summed E-state index contributed by atoms with van der Waals surface area (Å²) >= 11 is 0. The number of nitrogen functional groups attached to an aromatic ring is 1. The summed E-state index contributed by atoms with van der Waals surface area (Å²) in [7, 11) is 1.24. The molecule has 1 saturated carbocycles. The number of alkyl halides is 1. The molecule has 0 spiro atoms. The molecule has 2 aromatic rings. The number of rotatable bonds is 4. The van der Waals surface area contributed by atoms with Crippen LogP contribution in [0.4, 0.5) is 14.5 Å². The molecule has 0 unspecified atom stereocenters. The van der Waals surface area contributed by atoms with Crippen molar-refractivity contribution in [2.45, 2.75) is 25.6 Å². The van der Waals surface area contributed by atoms with Gasteiger partial charge in [-0.25, -0.2) is 13.6 Å². The average Bonchev–Trinajstić information content (AvgIpc) is 3.24. The van der Waals surface area contributed by atoms with Crippen LogP contribution in [0, 0.1) is 5.82 Å². The van der Waals surface area contributed by atoms with Crippen molar-refractivity contribution in [2.75, 3.05) is 19.5 Å². The van der Waals surface area contributed by atoms with Gasteiger partial charge in [-0.1, -0.05) is 0 Å². The number of aromatic nitrogens is 1. The van der Waals surface area contributed by atoms with Crippen molar-refractivity contribution >= 4 is 22.6 Å². The van der Waals surface area contributed by atoms with Crippen LogP contribution in [0.2, 0.25) is 0 Å². The molecule has 0 saturated heterocycles. The molecule has 0 aliphatic heterocycles. The quantitative estimate of drug-likeness (QED) is 0.682. The van der Waals surface area contributed by atoms with Crippen molar-refractivity contribution in [1.29, 1.82) is 0 Å². The summed E-state index contributed by atoms with van der Waals surface area (Å²) in [6, 6.07) is 0.332. The molecular formula is C16H16F2N2O4. The minimum atomic E-state index is -1.15. The van der Waals surface area contributed by atoms with Crippen LogP contribution in [0.15, 0.2) is 17.1 Å². The summed E-state index contributed by atoms with van der Waals surface area (Å²) in [5, 5.41) is -0.0853. The fourth-order valence-corrected chi connectivity index (χ4v) is 2.77. The van der Waals surface area contributed by atoms with Crippen LogP contribution in [0.25, 0.3) is 10.9 Å². The third kappa shape index (κ3) is 2.38. The maximum atomic E-state index is 14.1. The Balaban J connectivity index is 2.42. The molecule has 8 heteroatoms. The second-order valence-corrected chi connectivity index (χ2v) is 5.52. The van der Waals surface area contributed by atoms with Gasteiger partial charge in [0.15, 0.2) is 11.6 Å². The Hall–Kier alpha value is -2.64. The number of hydrogen-bond acceptors (Lipinski definition) is 5. The van der Waals surface area contributed by atoms with Crippen molar-refractivity contribution in [3.63, 3.8) is 0 Å². The molecule has 6 nitrogen and oxygen atoms in total. The monoisotopic (exact) mass is 338 g/mol. The second-order valence-electron chi connectivity index (χ2n) is 5.52. The maximum Gasteiger partial charge on any atom is 0.343 e. The van der Waals surface area contributed by atoms with Crippen LogP contribution >= 0.6 is 0 Å². The number of benzene rings is 1. The van der Waals surface area contributed by atoms with E-state index in [9.17, 15) is 18.4 Å². The van der Waals surface area contributed by atoms with Gasteiger partial charge in [-0.2, -0.15) is 0 Å². The van der Waals surface area contributed by atoms with E-state index in [1.807, 2.05) is 0 Å². The molecule has 24 heavy (non-hydrogen) atoms. The zero-order chi connectivity index (χ0) is 17.6. The minimum absolute atomic E-state index is 0.0400. The van der Waals surface area contributed by atoms with Crippen molar-refractivity contribution in [1.82, 2.24) is 4.57 Å². The first-order chi connectivity index (χ1) is 11.4. The summed E-state index contributed by atoms with van der Waals surface area (Å²) in [6.07, 6.45) is 0.230. The van der Waals surface area contributed by atoms with E-state index < -0.39 is 29.4 Å². The Labute approximate surface area is 135 Å². The second kappa shape index (κ2) is 5.77.